The summed E-state index contributed by atoms with van der Waals surface area (Å²) in [6.45, 7) is 0. The summed E-state index contributed by atoms with van der Waals surface area (Å²) < 4.78 is 39.7. The molecule has 0 aromatic heterocycles. The van der Waals surface area contributed by atoms with Gasteiger partial charge in [0.15, 0.2) is 5.82 Å². The van der Waals surface area contributed by atoms with Gasteiger partial charge in [0.25, 0.3) is 0 Å². The number of hydrogen-bond acceptors (Lipinski definition) is 3. The van der Waals surface area contributed by atoms with Crippen molar-refractivity contribution in [3.05, 3.63) is 29.0 Å². The summed E-state index contributed by atoms with van der Waals surface area (Å²) in [5, 5.41) is -0.210. The molecule has 1 fully saturated rings. The maximum Gasteiger partial charge on any atom is 0.243 e. The first kappa shape index (κ1) is 12.8. The molecule has 1 aromatic carbocycles. The predicted octanol–water partition coefficient (Wildman–Crippen LogP) is 1.25. The highest BCUT2D eigenvalue weighted by Crippen LogP contribution is 2.24. The Balaban J connectivity index is 2.23. The van der Waals surface area contributed by atoms with E-state index in [1.54, 1.807) is 0 Å². The molecule has 17 heavy (non-hydrogen) atoms. The van der Waals surface area contributed by atoms with Crippen LogP contribution in [-0.2, 0) is 10.0 Å². The fourth-order valence-electron chi connectivity index (χ4n) is 1.73. The van der Waals surface area contributed by atoms with Gasteiger partial charge in [-0.15, -0.1) is 0 Å². The number of nitrogens with two attached hydrogens (primary N) is 1. The van der Waals surface area contributed by atoms with Gasteiger partial charge in [-0.3, -0.25) is 0 Å². The number of benzene rings is 1. The number of rotatable bonds is 3. The van der Waals surface area contributed by atoms with Crippen LogP contribution in [0.4, 0.5) is 4.39 Å². The lowest BCUT2D eigenvalue weighted by atomic mass is 9.89. The molecule has 0 saturated heterocycles. The lowest BCUT2D eigenvalue weighted by molar-refractivity contribution is 0.326. The Morgan fingerprint density at radius 2 is 2.06 bits per heavy atom. The first-order valence-corrected chi connectivity index (χ1v) is 6.98. The third-order valence-electron chi connectivity index (χ3n) is 2.70. The Hall–Kier alpha value is -0.690. The monoisotopic (exact) mass is 278 g/mol. The van der Waals surface area contributed by atoms with Crippen LogP contribution >= 0.6 is 11.6 Å². The largest absolute Gasteiger partial charge is 0.328 e. The Labute approximate surface area is 104 Å². The molecule has 1 aromatic rings. The summed E-state index contributed by atoms with van der Waals surface area (Å²) in [6.07, 6.45) is 1.14. The van der Waals surface area contributed by atoms with Gasteiger partial charge < -0.3 is 5.73 Å². The van der Waals surface area contributed by atoms with E-state index < -0.39 is 20.7 Å². The first-order chi connectivity index (χ1) is 7.90. The molecule has 0 aliphatic heterocycles. The highest BCUT2D eigenvalue weighted by Gasteiger charge is 2.31. The average molecular weight is 279 g/mol. The summed E-state index contributed by atoms with van der Waals surface area (Å²) in [5.74, 6) is -0.926. The molecular weight excluding hydrogens is 267 g/mol. The lowest BCUT2D eigenvalue weighted by Gasteiger charge is -2.32. The van der Waals surface area contributed by atoms with Crippen LogP contribution in [-0.4, -0.2) is 20.5 Å². The molecule has 1 saturated carbocycles. The zero-order valence-corrected chi connectivity index (χ0v) is 10.4. The van der Waals surface area contributed by atoms with E-state index in [1.165, 1.54) is 18.2 Å². The second-order valence-electron chi connectivity index (χ2n) is 4.10. The molecule has 0 amide bonds. The van der Waals surface area contributed by atoms with Crippen LogP contribution in [0, 0.1) is 5.82 Å². The molecular formula is C10H12ClFN2O2S. The van der Waals surface area contributed by atoms with Crippen LogP contribution in [0.5, 0.6) is 0 Å². The zero-order valence-electron chi connectivity index (χ0n) is 8.86. The van der Waals surface area contributed by atoms with Gasteiger partial charge in [0.1, 0.15) is 4.90 Å². The van der Waals surface area contributed by atoms with E-state index in [0.717, 1.165) is 0 Å². The van der Waals surface area contributed by atoms with Crippen molar-refractivity contribution in [3.63, 3.8) is 0 Å². The van der Waals surface area contributed by atoms with E-state index in [2.05, 4.69) is 4.72 Å². The van der Waals surface area contributed by atoms with Gasteiger partial charge in [-0.2, -0.15) is 0 Å². The molecule has 1 aliphatic carbocycles. The van der Waals surface area contributed by atoms with Gasteiger partial charge in [0.05, 0.1) is 5.02 Å². The minimum absolute atomic E-state index is 0.0203. The van der Waals surface area contributed by atoms with Crippen molar-refractivity contribution in [2.24, 2.45) is 5.73 Å². The summed E-state index contributed by atoms with van der Waals surface area (Å²) in [6, 6.07) is 3.68. The topological polar surface area (TPSA) is 72.2 Å². The average Bonchev–Trinajstić information content (AvgIpc) is 2.19. The highest BCUT2D eigenvalue weighted by atomic mass is 35.5. The van der Waals surface area contributed by atoms with Crippen molar-refractivity contribution < 1.29 is 12.8 Å². The van der Waals surface area contributed by atoms with Gasteiger partial charge in [-0.05, 0) is 25.0 Å². The zero-order chi connectivity index (χ0) is 12.6. The van der Waals surface area contributed by atoms with Gasteiger partial charge in [0, 0.05) is 12.1 Å². The first-order valence-electron chi connectivity index (χ1n) is 5.12. The van der Waals surface area contributed by atoms with E-state index in [0.29, 0.717) is 12.8 Å². The Morgan fingerprint density at radius 3 is 2.65 bits per heavy atom. The number of sulfonamides is 1. The molecule has 4 nitrogen and oxygen atoms in total. The van der Waals surface area contributed by atoms with Gasteiger partial charge in [-0.1, -0.05) is 17.7 Å². The minimum Gasteiger partial charge on any atom is -0.328 e. The number of halogens is 2. The Kier molecular flexibility index (Phi) is 3.40. The van der Waals surface area contributed by atoms with Crippen molar-refractivity contribution in [2.45, 2.75) is 29.8 Å². The van der Waals surface area contributed by atoms with Crippen molar-refractivity contribution in [1.29, 1.82) is 0 Å². The van der Waals surface area contributed by atoms with Gasteiger partial charge in [0.2, 0.25) is 10.0 Å². The molecule has 0 heterocycles. The Morgan fingerprint density at radius 1 is 1.41 bits per heavy atom. The van der Waals surface area contributed by atoms with Gasteiger partial charge >= 0.3 is 0 Å². The lowest BCUT2D eigenvalue weighted by Crippen LogP contribution is -2.50. The standard InChI is InChI=1S/C10H12ClFN2O2S/c11-8-2-1-3-9(10(8)12)17(15,16)14-7-4-6(13)5-7/h1-3,6-7,14H,4-5,13H2. The molecule has 0 bridgehead atoms. The summed E-state index contributed by atoms with van der Waals surface area (Å²) >= 11 is 5.54. The molecule has 94 valence electrons. The quantitative estimate of drug-likeness (QED) is 0.874. The molecule has 0 spiro atoms. The molecule has 0 unspecified atom stereocenters. The third-order valence-corrected chi connectivity index (χ3v) is 4.53. The molecule has 2 rings (SSSR count). The SMILES string of the molecule is NC1CC(NS(=O)(=O)c2cccc(Cl)c2F)C1. The fraction of sp³-hybridized carbons (Fsp3) is 0.400. The van der Waals surface area contributed by atoms with E-state index in [1.807, 2.05) is 0 Å². The van der Waals surface area contributed by atoms with E-state index >= 15 is 0 Å². The summed E-state index contributed by atoms with van der Waals surface area (Å²) in [4.78, 5) is -0.425. The number of nitrogens with one attached hydrogen (secondary N) is 1. The van der Waals surface area contributed by atoms with Gasteiger partial charge in [-0.25, -0.2) is 17.5 Å². The van der Waals surface area contributed by atoms with Crippen LogP contribution in [0.3, 0.4) is 0 Å². The maximum atomic E-state index is 13.6. The smallest absolute Gasteiger partial charge is 0.243 e. The number of hydrogen-bond donors (Lipinski definition) is 2. The van der Waals surface area contributed by atoms with Crippen LogP contribution in [0.15, 0.2) is 23.1 Å². The van der Waals surface area contributed by atoms with E-state index in [-0.39, 0.29) is 17.1 Å². The third kappa shape index (κ3) is 2.60. The molecule has 3 N–H and O–H groups in total. The van der Waals surface area contributed by atoms with Crippen LogP contribution in [0.1, 0.15) is 12.8 Å². The molecule has 1 aliphatic rings. The van der Waals surface area contributed by atoms with Crippen molar-refractivity contribution in [2.75, 3.05) is 0 Å². The van der Waals surface area contributed by atoms with Crippen LogP contribution in [0.25, 0.3) is 0 Å². The summed E-state index contributed by atoms with van der Waals surface area (Å²) in [5.41, 5.74) is 5.55. The second kappa shape index (κ2) is 4.53. The Bertz CT molecular complexity index is 529. The van der Waals surface area contributed by atoms with Crippen molar-refractivity contribution in [3.8, 4) is 0 Å². The highest BCUT2D eigenvalue weighted by molar-refractivity contribution is 7.89. The molecule has 7 heteroatoms. The summed E-state index contributed by atoms with van der Waals surface area (Å²) in [7, 11) is -3.86. The fourth-order valence-corrected chi connectivity index (χ4v) is 3.32. The van der Waals surface area contributed by atoms with Crippen LogP contribution in [0.2, 0.25) is 5.02 Å². The normalized spacial score (nSPS) is 24.4. The van der Waals surface area contributed by atoms with Crippen molar-refractivity contribution >= 4 is 21.6 Å². The van der Waals surface area contributed by atoms with Crippen molar-refractivity contribution in [1.82, 2.24) is 4.72 Å². The molecule has 0 radical (unpaired) electrons. The van der Waals surface area contributed by atoms with Crippen LogP contribution < -0.4 is 10.5 Å². The minimum atomic E-state index is -3.86. The maximum absolute atomic E-state index is 13.6. The predicted molar refractivity (Wildman–Crippen MR) is 62.7 cm³/mol. The van der Waals surface area contributed by atoms with E-state index in [9.17, 15) is 12.8 Å². The van der Waals surface area contributed by atoms with E-state index in [4.69, 9.17) is 17.3 Å². The second-order valence-corrected chi connectivity index (χ2v) is 6.19. The molecule has 0 atom stereocenters.